The van der Waals surface area contributed by atoms with Crippen LogP contribution >= 0.6 is 0 Å². The molecule has 0 aliphatic heterocycles. The van der Waals surface area contributed by atoms with E-state index in [9.17, 15) is 0 Å². The van der Waals surface area contributed by atoms with Gasteiger partial charge in [-0.05, 0) is 32.1 Å². The van der Waals surface area contributed by atoms with E-state index < -0.39 is 0 Å². The highest BCUT2D eigenvalue weighted by atomic mass is 16.3. The van der Waals surface area contributed by atoms with Gasteiger partial charge in [-0.2, -0.15) is 0 Å². The SMILES string of the molecule is CCNCc1coc(CN(C)Cc2ccc(C)cc2)c1. The molecule has 0 saturated carbocycles. The van der Waals surface area contributed by atoms with E-state index in [1.54, 1.807) is 0 Å². The minimum Gasteiger partial charge on any atom is -0.468 e. The van der Waals surface area contributed by atoms with Crippen LogP contribution in [-0.2, 0) is 19.6 Å². The average molecular weight is 272 g/mol. The number of nitrogens with one attached hydrogen (secondary N) is 1. The first-order chi connectivity index (χ1) is 9.67. The van der Waals surface area contributed by atoms with Gasteiger partial charge in [0.05, 0.1) is 12.8 Å². The third-order valence-corrected chi connectivity index (χ3v) is 3.29. The van der Waals surface area contributed by atoms with Crippen LogP contribution in [0.25, 0.3) is 0 Å². The normalized spacial score (nSPS) is 11.2. The molecule has 0 saturated heterocycles. The highest BCUT2D eigenvalue weighted by Crippen LogP contribution is 2.12. The molecular formula is C17H24N2O. The van der Waals surface area contributed by atoms with Crippen molar-refractivity contribution in [1.29, 1.82) is 0 Å². The lowest BCUT2D eigenvalue weighted by molar-refractivity contribution is 0.288. The quantitative estimate of drug-likeness (QED) is 0.838. The second kappa shape index (κ2) is 7.27. The molecule has 0 bridgehead atoms. The van der Waals surface area contributed by atoms with E-state index >= 15 is 0 Å². The Kier molecular flexibility index (Phi) is 5.39. The maximum absolute atomic E-state index is 5.61. The van der Waals surface area contributed by atoms with Crippen molar-refractivity contribution in [2.45, 2.75) is 33.5 Å². The Hall–Kier alpha value is -1.58. The molecule has 3 nitrogen and oxygen atoms in total. The van der Waals surface area contributed by atoms with Crippen molar-refractivity contribution in [3.05, 3.63) is 59.0 Å². The molecular weight excluding hydrogens is 248 g/mol. The van der Waals surface area contributed by atoms with Crippen molar-refractivity contribution in [2.75, 3.05) is 13.6 Å². The Morgan fingerprint density at radius 3 is 2.55 bits per heavy atom. The van der Waals surface area contributed by atoms with E-state index in [-0.39, 0.29) is 0 Å². The van der Waals surface area contributed by atoms with Crippen LogP contribution in [0, 0.1) is 6.92 Å². The Labute approximate surface area is 121 Å². The summed E-state index contributed by atoms with van der Waals surface area (Å²) in [5, 5.41) is 3.30. The molecule has 0 spiro atoms. The molecule has 0 aliphatic rings. The van der Waals surface area contributed by atoms with Gasteiger partial charge in [-0.1, -0.05) is 36.8 Å². The van der Waals surface area contributed by atoms with Crippen LogP contribution in [0.5, 0.6) is 0 Å². The van der Waals surface area contributed by atoms with Gasteiger partial charge in [0.25, 0.3) is 0 Å². The fraction of sp³-hybridized carbons (Fsp3) is 0.412. The molecule has 0 fully saturated rings. The molecule has 3 heteroatoms. The molecule has 20 heavy (non-hydrogen) atoms. The highest BCUT2D eigenvalue weighted by Gasteiger charge is 2.06. The van der Waals surface area contributed by atoms with E-state index in [2.05, 4.69) is 61.4 Å². The van der Waals surface area contributed by atoms with Gasteiger partial charge < -0.3 is 9.73 Å². The van der Waals surface area contributed by atoms with Crippen LogP contribution in [0.2, 0.25) is 0 Å². The third kappa shape index (κ3) is 4.51. The van der Waals surface area contributed by atoms with Crippen molar-refractivity contribution in [3.63, 3.8) is 0 Å². The standard InChI is InChI=1S/C17H24N2O/c1-4-18-10-16-9-17(20-13-16)12-19(3)11-15-7-5-14(2)6-8-15/h5-9,13,18H,4,10-12H2,1-3H3. The van der Waals surface area contributed by atoms with Gasteiger partial charge in [0.1, 0.15) is 5.76 Å². The molecule has 108 valence electrons. The Bertz CT molecular complexity index is 516. The molecule has 2 aromatic rings. The largest absolute Gasteiger partial charge is 0.468 e. The lowest BCUT2D eigenvalue weighted by atomic mass is 10.1. The monoisotopic (exact) mass is 272 g/mol. The van der Waals surface area contributed by atoms with E-state index in [4.69, 9.17) is 4.42 Å². The smallest absolute Gasteiger partial charge is 0.118 e. The lowest BCUT2D eigenvalue weighted by Gasteiger charge is -2.15. The molecule has 0 radical (unpaired) electrons. The zero-order valence-electron chi connectivity index (χ0n) is 12.6. The highest BCUT2D eigenvalue weighted by molar-refractivity contribution is 5.21. The summed E-state index contributed by atoms with van der Waals surface area (Å²) >= 11 is 0. The molecule has 0 unspecified atom stereocenters. The van der Waals surface area contributed by atoms with Crippen LogP contribution in [0.1, 0.15) is 29.4 Å². The first-order valence-corrected chi connectivity index (χ1v) is 7.18. The van der Waals surface area contributed by atoms with Crippen LogP contribution in [0.15, 0.2) is 41.0 Å². The lowest BCUT2D eigenvalue weighted by Crippen LogP contribution is -2.16. The number of hydrogen-bond acceptors (Lipinski definition) is 3. The molecule has 2 rings (SSSR count). The number of hydrogen-bond donors (Lipinski definition) is 1. The summed E-state index contributed by atoms with van der Waals surface area (Å²) < 4.78 is 5.61. The van der Waals surface area contributed by atoms with Gasteiger partial charge in [-0.25, -0.2) is 0 Å². The molecule has 1 aromatic heterocycles. The molecule has 0 aliphatic carbocycles. The second-order valence-electron chi connectivity index (χ2n) is 5.36. The maximum Gasteiger partial charge on any atom is 0.118 e. The minimum atomic E-state index is 0.833. The van der Waals surface area contributed by atoms with E-state index in [0.29, 0.717) is 0 Å². The van der Waals surface area contributed by atoms with E-state index in [0.717, 1.165) is 31.9 Å². The summed E-state index contributed by atoms with van der Waals surface area (Å²) in [7, 11) is 2.12. The number of aryl methyl sites for hydroxylation is 1. The molecule has 0 amide bonds. The van der Waals surface area contributed by atoms with Crippen molar-refractivity contribution >= 4 is 0 Å². The number of rotatable bonds is 7. The first-order valence-electron chi connectivity index (χ1n) is 7.18. The topological polar surface area (TPSA) is 28.4 Å². The summed E-state index contributed by atoms with van der Waals surface area (Å²) in [4.78, 5) is 2.26. The molecule has 1 heterocycles. The van der Waals surface area contributed by atoms with Crippen molar-refractivity contribution in [2.24, 2.45) is 0 Å². The fourth-order valence-corrected chi connectivity index (χ4v) is 2.20. The van der Waals surface area contributed by atoms with Crippen LogP contribution in [0.3, 0.4) is 0 Å². The van der Waals surface area contributed by atoms with E-state index in [1.807, 2.05) is 6.26 Å². The van der Waals surface area contributed by atoms with Gasteiger partial charge in [0.15, 0.2) is 0 Å². The number of benzene rings is 1. The van der Waals surface area contributed by atoms with Gasteiger partial charge in [-0.15, -0.1) is 0 Å². The number of nitrogens with zero attached hydrogens (tertiary/aromatic N) is 1. The van der Waals surface area contributed by atoms with Crippen molar-refractivity contribution < 1.29 is 4.42 Å². The van der Waals surface area contributed by atoms with Gasteiger partial charge >= 0.3 is 0 Å². The zero-order valence-corrected chi connectivity index (χ0v) is 12.6. The van der Waals surface area contributed by atoms with Crippen molar-refractivity contribution in [3.8, 4) is 0 Å². The number of furan rings is 1. The summed E-state index contributed by atoms with van der Waals surface area (Å²) in [5.41, 5.74) is 3.85. The van der Waals surface area contributed by atoms with Gasteiger partial charge in [-0.3, -0.25) is 4.90 Å². The molecule has 1 N–H and O–H groups in total. The van der Waals surface area contributed by atoms with E-state index in [1.165, 1.54) is 16.7 Å². The predicted octanol–water partition coefficient (Wildman–Crippen LogP) is 3.33. The Morgan fingerprint density at radius 2 is 1.85 bits per heavy atom. The minimum absolute atomic E-state index is 0.833. The summed E-state index contributed by atoms with van der Waals surface area (Å²) in [6, 6.07) is 10.8. The average Bonchev–Trinajstić information content (AvgIpc) is 2.86. The Balaban J connectivity index is 1.86. The first kappa shape index (κ1) is 14.8. The van der Waals surface area contributed by atoms with Crippen LogP contribution < -0.4 is 5.32 Å². The van der Waals surface area contributed by atoms with Crippen LogP contribution in [-0.4, -0.2) is 18.5 Å². The summed E-state index contributed by atoms with van der Waals surface area (Å²) in [6.45, 7) is 7.84. The predicted molar refractivity (Wildman–Crippen MR) is 82.4 cm³/mol. The second-order valence-corrected chi connectivity index (χ2v) is 5.36. The molecule has 0 atom stereocenters. The van der Waals surface area contributed by atoms with Gasteiger partial charge in [0.2, 0.25) is 0 Å². The summed E-state index contributed by atoms with van der Waals surface area (Å²) in [6.07, 6.45) is 1.84. The fourth-order valence-electron chi connectivity index (χ4n) is 2.20. The zero-order chi connectivity index (χ0) is 14.4. The third-order valence-electron chi connectivity index (χ3n) is 3.29. The van der Waals surface area contributed by atoms with Gasteiger partial charge in [0, 0.05) is 18.7 Å². The maximum atomic E-state index is 5.61. The molecule has 1 aromatic carbocycles. The van der Waals surface area contributed by atoms with Crippen molar-refractivity contribution in [1.82, 2.24) is 10.2 Å². The Morgan fingerprint density at radius 1 is 1.10 bits per heavy atom. The van der Waals surface area contributed by atoms with Crippen LogP contribution in [0.4, 0.5) is 0 Å². The summed E-state index contributed by atoms with van der Waals surface area (Å²) in [5.74, 6) is 1.02.